The van der Waals surface area contributed by atoms with Gasteiger partial charge in [-0.1, -0.05) is 23.2 Å². The maximum Gasteiger partial charge on any atom is 0.313 e. The van der Waals surface area contributed by atoms with Gasteiger partial charge >= 0.3 is 5.69 Å². The first-order valence-electron chi connectivity index (χ1n) is 5.66. The molecule has 0 fully saturated rings. The van der Waals surface area contributed by atoms with Gasteiger partial charge in [0.05, 0.1) is 15.0 Å². The molecule has 108 valence electrons. The van der Waals surface area contributed by atoms with E-state index in [-0.39, 0.29) is 33.1 Å². The molecule has 6 nitrogen and oxygen atoms in total. The van der Waals surface area contributed by atoms with E-state index in [0.29, 0.717) is 5.56 Å². The van der Waals surface area contributed by atoms with Crippen LogP contribution in [0.5, 0.6) is 11.6 Å². The van der Waals surface area contributed by atoms with Gasteiger partial charge in [0, 0.05) is 30.0 Å². The maximum atomic E-state index is 11.1. The lowest BCUT2D eigenvalue weighted by molar-refractivity contribution is -0.385. The highest BCUT2D eigenvalue weighted by molar-refractivity contribution is 6.42. The number of pyridine rings is 1. The van der Waals surface area contributed by atoms with Crippen LogP contribution in [0.4, 0.5) is 5.69 Å². The Morgan fingerprint density at radius 1 is 1.29 bits per heavy atom. The van der Waals surface area contributed by atoms with E-state index >= 15 is 0 Å². The fourth-order valence-corrected chi connectivity index (χ4v) is 1.82. The Balaban J connectivity index is 2.36. The highest BCUT2D eigenvalue weighted by Crippen LogP contribution is 2.37. The molecule has 0 spiro atoms. The van der Waals surface area contributed by atoms with E-state index in [0.717, 1.165) is 6.07 Å². The van der Waals surface area contributed by atoms with Crippen LogP contribution >= 0.6 is 23.2 Å². The number of hydrogen-bond donors (Lipinski definition) is 0. The number of carbonyl (C=O) groups excluding carboxylic acids is 1. The van der Waals surface area contributed by atoms with Crippen molar-refractivity contribution in [2.24, 2.45) is 0 Å². The third-order valence-electron chi connectivity index (χ3n) is 2.56. The molecule has 0 amide bonds. The van der Waals surface area contributed by atoms with Gasteiger partial charge in [0.15, 0.2) is 5.78 Å². The first-order valence-corrected chi connectivity index (χ1v) is 6.42. The first kappa shape index (κ1) is 15.2. The summed E-state index contributed by atoms with van der Waals surface area (Å²) in [6, 6.07) is 5.28. The fourth-order valence-electron chi connectivity index (χ4n) is 1.50. The molecule has 0 aliphatic rings. The lowest BCUT2D eigenvalue weighted by Gasteiger charge is -2.07. The number of carbonyl (C=O) groups is 1. The zero-order valence-corrected chi connectivity index (χ0v) is 12.2. The average molecular weight is 327 g/mol. The topological polar surface area (TPSA) is 82.3 Å². The van der Waals surface area contributed by atoms with Crippen LogP contribution in [0.15, 0.2) is 30.5 Å². The monoisotopic (exact) mass is 326 g/mol. The molecule has 0 radical (unpaired) electrons. The Kier molecular flexibility index (Phi) is 4.40. The largest absolute Gasteiger partial charge is 0.432 e. The molecule has 2 aromatic rings. The number of nitro groups is 1. The summed E-state index contributed by atoms with van der Waals surface area (Å²) in [5, 5.41) is 11.2. The third kappa shape index (κ3) is 3.48. The predicted molar refractivity (Wildman–Crippen MR) is 77.4 cm³/mol. The van der Waals surface area contributed by atoms with E-state index in [2.05, 4.69) is 4.98 Å². The van der Waals surface area contributed by atoms with Gasteiger partial charge < -0.3 is 4.74 Å². The number of hydrogen-bond acceptors (Lipinski definition) is 5. The second-order valence-corrected chi connectivity index (χ2v) is 4.85. The van der Waals surface area contributed by atoms with Crippen LogP contribution in [0.1, 0.15) is 17.3 Å². The summed E-state index contributed by atoms with van der Waals surface area (Å²) in [6.45, 7) is 1.40. The van der Waals surface area contributed by atoms with Crippen molar-refractivity contribution in [2.75, 3.05) is 0 Å². The molecule has 0 N–H and O–H groups in total. The number of rotatable bonds is 4. The molecule has 0 aliphatic carbocycles. The number of Topliss-reactive ketones (excluding diaryl/α,β-unsaturated/α-hetero) is 1. The number of halogens is 2. The second kappa shape index (κ2) is 6.07. The lowest BCUT2D eigenvalue weighted by atomic mass is 10.2. The normalized spacial score (nSPS) is 10.2. The number of nitro benzene ring substituents is 1. The molecular weight excluding hydrogens is 319 g/mol. The Labute approximate surface area is 129 Å². The minimum Gasteiger partial charge on any atom is -0.432 e. The fraction of sp³-hybridized carbons (Fsp3) is 0.0769. The van der Waals surface area contributed by atoms with E-state index in [1.807, 2.05) is 0 Å². The number of ether oxygens (including phenoxy) is 1. The van der Waals surface area contributed by atoms with Crippen molar-refractivity contribution in [2.45, 2.75) is 6.92 Å². The highest BCUT2D eigenvalue weighted by Gasteiger charge is 2.19. The number of aromatic nitrogens is 1. The van der Waals surface area contributed by atoms with Gasteiger partial charge in [-0.2, -0.15) is 0 Å². The zero-order valence-electron chi connectivity index (χ0n) is 10.7. The van der Waals surface area contributed by atoms with Gasteiger partial charge in [-0.05, 0) is 13.0 Å². The van der Waals surface area contributed by atoms with Crippen LogP contribution in [0.2, 0.25) is 10.0 Å². The van der Waals surface area contributed by atoms with Gasteiger partial charge in [-0.3, -0.25) is 14.9 Å². The van der Waals surface area contributed by atoms with Crippen molar-refractivity contribution in [1.29, 1.82) is 0 Å². The molecule has 1 aromatic heterocycles. The molecule has 0 aliphatic heterocycles. The van der Waals surface area contributed by atoms with Gasteiger partial charge in [0.2, 0.25) is 11.6 Å². The summed E-state index contributed by atoms with van der Waals surface area (Å²) in [5.41, 5.74) is 0.0767. The van der Waals surface area contributed by atoms with E-state index in [1.165, 1.54) is 31.3 Å². The maximum absolute atomic E-state index is 11.1. The summed E-state index contributed by atoms with van der Waals surface area (Å²) >= 11 is 11.6. The van der Waals surface area contributed by atoms with Crippen LogP contribution in [0.25, 0.3) is 0 Å². The Hall–Kier alpha value is -2.18. The standard InChI is InChI=1S/C13H8Cl2N2O4/c1-7(18)8-2-3-13(16-6-8)21-12-5-10(15)9(14)4-11(12)17(19)20/h2-6H,1H3. The summed E-state index contributed by atoms with van der Waals surface area (Å²) < 4.78 is 5.33. The lowest BCUT2D eigenvalue weighted by Crippen LogP contribution is -1.97. The quantitative estimate of drug-likeness (QED) is 0.475. The van der Waals surface area contributed by atoms with Crippen LogP contribution in [-0.4, -0.2) is 15.7 Å². The van der Waals surface area contributed by atoms with E-state index < -0.39 is 4.92 Å². The first-order chi connectivity index (χ1) is 9.88. The molecule has 8 heteroatoms. The van der Waals surface area contributed by atoms with Gasteiger partial charge in [-0.15, -0.1) is 0 Å². The molecule has 0 saturated heterocycles. The molecule has 0 saturated carbocycles. The number of ketones is 1. The Bertz CT molecular complexity index is 717. The van der Waals surface area contributed by atoms with Crippen LogP contribution in [-0.2, 0) is 0 Å². The van der Waals surface area contributed by atoms with E-state index in [9.17, 15) is 14.9 Å². The SMILES string of the molecule is CC(=O)c1ccc(Oc2cc(Cl)c(Cl)cc2[N+](=O)[O-])nc1. The van der Waals surface area contributed by atoms with Crippen LogP contribution in [0, 0.1) is 10.1 Å². The average Bonchev–Trinajstić information content (AvgIpc) is 2.43. The predicted octanol–water partition coefficient (Wildman–Crippen LogP) is 4.29. The highest BCUT2D eigenvalue weighted by atomic mass is 35.5. The molecule has 0 atom stereocenters. The van der Waals surface area contributed by atoms with Crippen LogP contribution in [0.3, 0.4) is 0 Å². The molecule has 2 rings (SSSR count). The minimum atomic E-state index is -0.637. The van der Waals surface area contributed by atoms with Crippen molar-refractivity contribution in [3.8, 4) is 11.6 Å². The smallest absolute Gasteiger partial charge is 0.313 e. The van der Waals surface area contributed by atoms with E-state index in [1.54, 1.807) is 0 Å². The Morgan fingerprint density at radius 3 is 2.48 bits per heavy atom. The van der Waals surface area contributed by atoms with Crippen molar-refractivity contribution >= 4 is 34.7 Å². The number of nitrogens with zero attached hydrogens (tertiary/aromatic N) is 2. The Morgan fingerprint density at radius 2 is 1.95 bits per heavy atom. The molecule has 1 heterocycles. The van der Waals surface area contributed by atoms with Crippen molar-refractivity contribution in [3.05, 3.63) is 56.2 Å². The summed E-state index contributed by atoms with van der Waals surface area (Å²) in [4.78, 5) is 25.4. The second-order valence-electron chi connectivity index (χ2n) is 4.03. The van der Waals surface area contributed by atoms with Crippen molar-refractivity contribution < 1.29 is 14.5 Å². The zero-order chi connectivity index (χ0) is 15.6. The third-order valence-corrected chi connectivity index (χ3v) is 3.28. The summed E-state index contributed by atoms with van der Waals surface area (Å²) in [7, 11) is 0. The molecule has 0 unspecified atom stereocenters. The molecule has 21 heavy (non-hydrogen) atoms. The minimum absolute atomic E-state index is 0.0515. The van der Waals surface area contributed by atoms with E-state index in [4.69, 9.17) is 27.9 Å². The van der Waals surface area contributed by atoms with Gasteiger partial charge in [0.1, 0.15) is 0 Å². The van der Waals surface area contributed by atoms with Gasteiger partial charge in [-0.25, -0.2) is 4.98 Å². The van der Waals surface area contributed by atoms with Crippen molar-refractivity contribution in [3.63, 3.8) is 0 Å². The molecular formula is C13H8Cl2N2O4. The van der Waals surface area contributed by atoms with Gasteiger partial charge in [0.25, 0.3) is 0 Å². The van der Waals surface area contributed by atoms with Crippen LogP contribution < -0.4 is 4.74 Å². The molecule has 0 bridgehead atoms. The number of benzene rings is 1. The summed E-state index contributed by atoms with van der Waals surface area (Å²) in [5.74, 6) is -0.131. The van der Waals surface area contributed by atoms with Crippen molar-refractivity contribution in [1.82, 2.24) is 4.98 Å². The summed E-state index contributed by atoms with van der Waals surface area (Å²) in [6.07, 6.45) is 1.32. The molecule has 1 aromatic carbocycles.